The zero-order valence-electron chi connectivity index (χ0n) is 60.6. The Morgan fingerprint density at radius 3 is 1.15 bits per heavy atom. The third-order valence-corrected chi connectivity index (χ3v) is 18.4. The highest BCUT2D eigenvalue weighted by Gasteiger charge is 2.51. The second kappa shape index (κ2) is 65.0. The van der Waals surface area contributed by atoms with Gasteiger partial charge in [0.05, 0.1) is 32.0 Å². The van der Waals surface area contributed by atoms with Crippen molar-refractivity contribution in [2.24, 2.45) is 0 Å². The van der Waals surface area contributed by atoms with Crippen molar-refractivity contribution in [2.45, 2.75) is 383 Å². The predicted molar refractivity (Wildman–Crippen MR) is 396 cm³/mol. The van der Waals surface area contributed by atoms with Gasteiger partial charge in [0.1, 0.15) is 48.8 Å². The molecule has 14 heteroatoms. The number of aliphatic hydroxyl groups excluding tert-OH is 8. The van der Waals surface area contributed by atoms with Crippen LogP contribution in [-0.4, -0.2) is 140 Å². The molecule has 0 aromatic carbocycles. The van der Waals surface area contributed by atoms with E-state index in [1.807, 2.05) is 6.08 Å². The van der Waals surface area contributed by atoms with Crippen LogP contribution in [0, 0.1) is 0 Å². The van der Waals surface area contributed by atoms with Crippen LogP contribution in [0.15, 0.2) is 109 Å². The van der Waals surface area contributed by atoms with Gasteiger partial charge in [0.15, 0.2) is 12.6 Å². The molecule has 2 rings (SSSR count). The van der Waals surface area contributed by atoms with E-state index in [4.69, 9.17) is 18.9 Å². The van der Waals surface area contributed by atoms with Gasteiger partial charge in [-0.15, -0.1) is 0 Å². The highest BCUT2D eigenvalue weighted by atomic mass is 16.7. The number of ether oxygens (including phenoxy) is 4. The Bertz CT molecular complexity index is 2030. The summed E-state index contributed by atoms with van der Waals surface area (Å²) in [6.07, 6.45) is 77.3. The summed E-state index contributed by atoms with van der Waals surface area (Å²) in [5, 5.41) is 87.6. The van der Waals surface area contributed by atoms with Crippen LogP contribution in [0.3, 0.4) is 0 Å². The maximum atomic E-state index is 13.4. The van der Waals surface area contributed by atoms with Crippen LogP contribution in [-0.2, 0) is 23.7 Å². The minimum absolute atomic E-state index is 0.253. The van der Waals surface area contributed by atoms with E-state index < -0.39 is 86.8 Å². The molecule has 2 fully saturated rings. The maximum Gasteiger partial charge on any atom is 0.220 e. The fourth-order valence-electron chi connectivity index (χ4n) is 12.3. The Morgan fingerprint density at radius 2 is 0.729 bits per heavy atom. The smallest absolute Gasteiger partial charge is 0.220 e. The van der Waals surface area contributed by atoms with Crippen molar-refractivity contribution < 1.29 is 64.6 Å². The highest BCUT2D eigenvalue weighted by Crippen LogP contribution is 2.30. The van der Waals surface area contributed by atoms with Crippen LogP contribution in [0.5, 0.6) is 0 Å². The normalized spacial score (nSPS) is 22.9. The first-order valence-corrected chi connectivity index (χ1v) is 39.1. The average molecular weight is 1350 g/mol. The molecule has 2 heterocycles. The van der Waals surface area contributed by atoms with Gasteiger partial charge in [-0.3, -0.25) is 4.79 Å². The molecule has 0 bridgehead atoms. The van der Waals surface area contributed by atoms with E-state index in [0.717, 1.165) is 83.5 Å². The number of amides is 1. The molecule has 12 unspecified atom stereocenters. The van der Waals surface area contributed by atoms with Crippen molar-refractivity contribution in [2.75, 3.05) is 19.8 Å². The van der Waals surface area contributed by atoms with E-state index in [1.165, 1.54) is 193 Å². The summed E-state index contributed by atoms with van der Waals surface area (Å²) >= 11 is 0. The molecule has 14 nitrogen and oxygen atoms in total. The van der Waals surface area contributed by atoms with Crippen LogP contribution in [0.4, 0.5) is 0 Å². The first kappa shape index (κ1) is 88.7. The van der Waals surface area contributed by atoms with E-state index in [2.05, 4.69) is 116 Å². The number of rotatable bonds is 64. The second-order valence-electron chi connectivity index (χ2n) is 27.1. The Hall–Kier alpha value is -3.35. The Labute approximate surface area is 585 Å². The molecule has 0 spiro atoms. The first-order chi connectivity index (χ1) is 47.1. The maximum absolute atomic E-state index is 13.4. The van der Waals surface area contributed by atoms with Crippen LogP contribution < -0.4 is 5.32 Å². The fraction of sp³-hybridized carbons (Fsp3) is 0.768. The number of hydrogen-bond donors (Lipinski definition) is 9. The van der Waals surface area contributed by atoms with Crippen molar-refractivity contribution in [3.8, 4) is 0 Å². The third-order valence-electron chi connectivity index (χ3n) is 18.4. The largest absolute Gasteiger partial charge is 0.394 e. The number of carbonyl (C=O) groups excluding carboxylic acids is 1. The van der Waals surface area contributed by atoms with Crippen LogP contribution in [0.25, 0.3) is 0 Å². The predicted octanol–water partition coefficient (Wildman–Crippen LogP) is 17.5. The van der Waals surface area contributed by atoms with Crippen LogP contribution >= 0.6 is 0 Å². The monoisotopic (exact) mass is 1350 g/mol. The summed E-state index contributed by atoms with van der Waals surface area (Å²) < 4.78 is 22.9. The lowest BCUT2D eigenvalue weighted by Crippen LogP contribution is -2.65. The van der Waals surface area contributed by atoms with Gasteiger partial charge in [-0.1, -0.05) is 322 Å². The third kappa shape index (κ3) is 47.7. The van der Waals surface area contributed by atoms with Gasteiger partial charge in [0.2, 0.25) is 5.91 Å². The number of nitrogens with one attached hydrogen (secondary N) is 1. The van der Waals surface area contributed by atoms with Crippen LogP contribution in [0.2, 0.25) is 0 Å². The van der Waals surface area contributed by atoms with Gasteiger partial charge in [-0.2, -0.15) is 0 Å². The Balaban J connectivity index is 1.66. The lowest BCUT2D eigenvalue weighted by Gasteiger charge is -2.46. The molecule has 0 aromatic heterocycles. The number of carbonyl (C=O) groups is 1. The van der Waals surface area contributed by atoms with E-state index in [1.54, 1.807) is 6.08 Å². The van der Waals surface area contributed by atoms with Gasteiger partial charge in [-0.25, -0.2) is 0 Å². The molecule has 0 radical (unpaired) electrons. The van der Waals surface area contributed by atoms with E-state index in [0.29, 0.717) is 12.8 Å². The van der Waals surface area contributed by atoms with Gasteiger partial charge in [0, 0.05) is 6.42 Å². The molecule has 12 atom stereocenters. The van der Waals surface area contributed by atoms with Crippen molar-refractivity contribution >= 4 is 5.91 Å². The summed E-state index contributed by atoms with van der Waals surface area (Å²) in [6.45, 7) is 2.70. The molecule has 2 aliphatic heterocycles. The average Bonchev–Trinajstić information content (AvgIpc) is 0.812. The molecule has 1 amide bonds. The molecule has 0 aromatic rings. The standard InChI is InChI=1S/C82H143NO13/c1-3-5-7-9-11-13-15-17-19-21-23-25-27-29-31-33-34-35-36-38-40-42-44-46-48-50-52-54-56-58-60-62-64-66-74(87)83-70(69-93-81-79(92)77(90)80(73(68-85)95-81)96-82-78(91)76(89)75(88)72(67-84)94-82)71(86)65-63-61-59-57-55-53-51-49-47-45-43-41-39-37-32-30-28-26-24-22-20-18-16-14-12-10-8-6-4-2/h5,7,11,13,17,19,23,25,29,31,34-35,38,40,55,57,63,65,70-73,75-82,84-86,88-92H,3-4,6,8-10,12,14-16,18,20-22,24,26-28,30,32-33,36-37,39,41-54,56,58-62,64,66-69H2,1-2H3,(H,83,87)/b7-5-,13-11-,19-17-,25-23-,31-29-,35-34-,40-38-,57-55+,65-63+. The topological polar surface area (TPSA) is 228 Å². The Morgan fingerprint density at radius 1 is 0.385 bits per heavy atom. The van der Waals surface area contributed by atoms with E-state index >= 15 is 0 Å². The second-order valence-corrected chi connectivity index (χ2v) is 27.1. The molecule has 0 aliphatic carbocycles. The first-order valence-electron chi connectivity index (χ1n) is 39.1. The highest BCUT2D eigenvalue weighted by molar-refractivity contribution is 5.76. The lowest BCUT2D eigenvalue weighted by atomic mass is 9.97. The summed E-state index contributed by atoms with van der Waals surface area (Å²) in [5.74, 6) is -0.253. The van der Waals surface area contributed by atoms with Crippen molar-refractivity contribution in [3.05, 3.63) is 109 Å². The molecule has 2 aliphatic rings. The van der Waals surface area contributed by atoms with Gasteiger partial charge < -0.3 is 65.1 Å². The van der Waals surface area contributed by atoms with Crippen molar-refractivity contribution in [3.63, 3.8) is 0 Å². The number of hydrogen-bond acceptors (Lipinski definition) is 13. The molecule has 2 saturated heterocycles. The number of allylic oxidation sites excluding steroid dienone is 17. The zero-order chi connectivity index (χ0) is 69.4. The quantitative estimate of drug-likeness (QED) is 0.0204. The molecule has 96 heavy (non-hydrogen) atoms. The molecule has 0 saturated carbocycles. The molecular formula is C82H143NO13. The summed E-state index contributed by atoms with van der Waals surface area (Å²) in [4.78, 5) is 13.4. The molecule has 9 N–H and O–H groups in total. The van der Waals surface area contributed by atoms with Crippen LogP contribution in [0.1, 0.15) is 309 Å². The van der Waals surface area contributed by atoms with Crippen molar-refractivity contribution in [1.29, 1.82) is 0 Å². The summed E-state index contributed by atoms with van der Waals surface area (Å²) in [6, 6.07) is -0.942. The zero-order valence-corrected chi connectivity index (χ0v) is 60.6. The lowest BCUT2D eigenvalue weighted by molar-refractivity contribution is -0.359. The summed E-state index contributed by atoms with van der Waals surface area (Å²) in [7, 11) is 0. The Kier molecular flexibility index (Phi) is 60.1. The minimum atomic E-state index is -1.80. The van der Waals surface area contributed by atoms with Gasteiger partial charge in [-0.05, 0) is 89.9 Å². The van der Waals surface area contributed by atoms with Gasteiger partial charge in [0.25, 0.3) is 0 Å². The number of aliphatic hydroxyl groups is 8. The fourth-order valence-corrected chi connectivity index (χ4v) is 12.3. The molecule has 554 valence electrons. The van der Waals surface area contributed by atoms with E-state index in [9.17, 15) is 45.6 Å². The van der Waals surface area contributed by atoms with Gasteiger partial charge >= 0.3 is 0 Å². The minimum Gasteiger partial charge on any atom is -0.394 e. The SMILES string of the molecule is CC/C=C\C/C=C\C/C=C\C/C=C\C/C=C\C/C=C\C/C=C\CCCCCCCCCCCCCC(=O)NC(COC1OC(CO)C(OC2OC(CO)C(O)C(O)C2O)C(O)C1O)C(O)/C=C/CC/C=C/CCCCCCCCCCCCCCCCCCCCCCCCC. The van der Waals surface area contributed by atoms with Crippen molar-refractivity contribution in [1.82, 2.24) is 5.32 Å². The van der Waals surface area contributed by atoms with E-state index in [-0.39, 0.29) is 18.9 Å². The molecular weight excluding hydrogens is 1210 g/mol. The number of unbranched alkanes of at least 4 members (excludes halogenated alkanes) is 35. The summed E-state index contributed by atoms with van der Waals surface area (Å²) in [5.41, 5.74) is 0.